The Labute approximate surface area is 181 Å². The standard InChI is InChI=1S/C21H13Cl2N3O4/c1-12-17(23)3-2-4-18(12)25-21(27)13(11-24)9-15-6-8-20(30-15)16-7-5-14(22)10-19(16)26(28)29/h2-10H,1H3,(H,25,27)/b13-9-. The first-order valence-corrected chi connectivity index (χ1v) is 9.28. The lowest BCUT2D eigenvalue weighted by molar-refractivity contribution is -0.384. The lowest BCUT2D eigenvalue weighted by Gasteiger charge is -2.08. The van der Waals surface area contributed by atoms with Gasteiger partial charge in [0.05, 0.1) is 10.5 Å². The van der Waals surface area contributed by atoms with Gasteiger partial charge in [-0.15, -0.1) is 0 Å². The first-order chi connectivity index (χ1) is 14.3. The van der Waals surface area contributed by atoms with Crippen molar-refractivity contribution in [3.8, 4) is 17.4 Å². The third-order valence-corrected chi connectivity index (χ3v) is 4.86. The maximum Gasteiger partial charge on any atom is 0.281 e. The van der Waals surface area contributed by atoms with Crippen molar-refractivity contribution in [2.45, 2.75) is 6.92 Å². The largest absolute Gasteiger partial charge is 0.456 e. The molecule has 0 unspecified atom stereocenters. The van der Waals surface area contributed by atoms with E-state index in [-0.39, 0.29) is 33.4 Å². The molecule has 0 aliphatic heterocycles. The van der Waals surface area contributed by atoms with E-state index in [1.54, 1.807) is 25.1 Å². The monoisotopic (exact) mass is 441 g/mol. The molecule has 0 aliphatic carbocycles. The number of nitrogens with one attached hydrogen (secondary N) is 1. The smallest absolute Gasteiger partial charge is 0.281 e. The third-order valence-electron chi connectivity index (χ3n) is 4.22. The summed E-state index contributed by atoms with van der Waals surface area (Å²) >= 11 is 11.9. The first kappa shape index (κ1) is 21.1. The number of halogens is 2. The molecule has 0 spiro atoms. The Morgan fingerprint density at radius 2 is 2.00 bits per heavy atom. The summed E-state index contributed by atoms with van der Waals surface area (Å²) < 4.78 is 5.60. The third kappa shape index (κ3) is 4.51. The van der Waals surface area contributed by atoms with Crippen LogP contribution in [0.3, 0.4) is 0 Å². The molecular formula is C21H13Cl2N3O4. The number of nitriles is 1. The summed E-state index contributed by atoms with van der Waals surface area (Å²) in [4.78, 5) is 23.2. The summed E-state index contributed by atoms with van der Waals surface area (Å²) in [5.41, 5.74) is 0.940. The zero-order chi connectivity index (χ0) is 21.8. The lowest BCUT2D eigenvalue weighted by Crippen LogP contribution is -2.14. The van der Waals surface area contributed by atoms with Gasteiger partial charge in [0.2, 0.25) is 0 Å². The van der Waals surface area contributed by atoms with E-state index in [9.17, 15) is 20.2 Å². The van der Waals surface area contributed by atoms with Gasteiger partial charge >= 0.3 is 0 Å². The number of nitro benzene ring substituents is 1. The Bertz CT molecular complexity index is 1230. The Morgan fingerprint density at radius 1 is 1.23 bits per heavy atom. The van der Waals surface area contributed by atoms with Gasteiger partial charge in [-0.2, -0.15) is 5.26 Å². The van der Waals surface area contributed by atoms with Crippen LogP contribution in [0.4, 0.5) is 11.4 Å². The molecule has 2 aromatic carbocycles. The number of hydrogen-bond acceptors (Lipinski definition) is 5. The molecule has 0 radical (unpaired) electrons. The van der Waals surface area contributed by atoms with Gasteiger partial charge in [0.15, 0.2) is 0 Å². The van der Waals surface area contributed by atoms with E-state index in [0.717, 1.165) is 0 Å². The Kier molecular flexibility index (Phi) is 6.21. The van der Waals surface area contributed by atoms with E-state index in [0.29, 0.717) is 16.3 Å². The predicted molar refractivity (Wildman–Crippen MR) is 114 cm³/mol. The normalized spacial score (nSPS) is 11.1. The van der Waals surface area contributed by atoms with Crippen LogP contribution >= 0.6 is 23.2 Å². The Hall–Kier alpha value is -3.60. The fraction of sp³-hybridized carbons (Fsp3) is 0.0476. The second-order valence-corrected chi connectivity index (χ2v) is 7.00. The van der Waals surface area contributed by atoms with E-state index >= 15 is 0 Å². The van der Waals surface area contributed by atoms with Crippen molar-refractivity contribution < 1.29 is 14.1 Å². The van der Waals surface area contributed by atoms with Crippen molar-refractivity contribution in [3.05, 3.63) is 85.6 Å². The summed E-state index contributed by atoms with van der Waals surface area (Å²) in [6, 6.07) is 14.1. The molecule has 1 aromatic heterocycles. The Balaban J connectivity index is 1.89. The number of carbonyl (C=O) groups excluding carboxylic acids is 1. The highest BCUT2D eigenvalue weighted by Crippen LogP contribution is 2.33. The van der Waals surface area contributed by atoms with E-state index < -0.39 is 10.8 Å². The van der Waals surface area contributed by atoms with Crippen LogP contribution in [0.5, 0.6) is 0 Å². The molecule has 7 nitrogen and oxygen atoms in total. The maximum atomic E-state index is 12.5. The van der Waals surface area contributed by atoms with Crippen LogP contribution < -0.4 is 5.32 Å². The Morgan fingerprint density at radius 3 is 2.70 bits per heavy atom. The van der Waals surface area contributed by atoms with Gasteiger partial charge < -0.3 is 9.73 Å². The minimum Gasteiger partial charge on any atom is -0.456 e. The molecule has 0 fully saturated rings. The predicted octanol–water partition coefficient (Wildman–Crippen LogP) is 6.02. The quantitative estimate of drug-likeness (QED) is 0.225. The molecule has 1 heterocycles. The van der Waals surface area contributed by atoms with Crippen molar-refractivity contribution in [2.24, 2.45) is 0 Å². The summed E-state index contributed by atoms with van der Waals surface area (Å²) in [7, 11) is 0. The maximum absolute atomic E-state index is 12.5. The van der Waals surface area contributed by atoms with Crippen LogP contribution in [0.2, 0.25) is 10.0 Å². The molecule has 0 saturated heterocycles. The minimum absolute atomic E-state index is 0.184. The second-order valence-electron chi connectivity index (χ2n) is 6.16. The number of hydrogen-bond donors (Lipinski definition) is 1. The first-order valence-electron chi connectivity index (χ1n) is 8.52. The van der Waals surface area contributed by atoms with Crippen LogP contribution in [0, 0.1) is 28.4 Å². The van der Waals surface area contributed by atoms with Crippen molar-refractivity contribution >= 4 is 46.6 Å². The fourth-order valence-electron chi connectivity index (χ4n) is 2.66. The average Bonchev–Trinajstić information content (AvgIpc) is 3.17. The molecule has 30 heavy (non-hydrogen) atoms. The van der Waals surface area contributed by atoms with Gasteiger partial charge in [0.1, 0.15) is 23.2 Å². The van der Waals surface area contributed by atoms with E-state index in [2.05, 4.69) is 5.32 Å². The lowest BCUT2D eigenvalue weighted by atomic mass is 10.1. The van der Waals surface area contributed by atoms with Gasteiger partial charge in [-0.1, -0.05) is 29.3 Å². The van der Waals surface area contributed by atoms with E-state index in [4.69, 9.17) is 27.6 Å². The number of carbonyl (C=O) groups is 1. The van der Waals surface area contributed by atoms with E-state index in [1.807, 2.05) is 6.07 Å². The molecule has 3 rings (SSSR count). The summed E-state index contributed by atoms with van der Waals surface area (Å²) in [5, 5.41) is 24.0. The number of anilines is 1. The number of amides is 1. The molecule has 0 bridgehead atoms. The van der Waals surface area contributed by atoms with E-state index in [1.165, 1.54) is 36.4 Å². The van der Waals surface area contributed by atoms with Crippen molar-refractivity contribution in [1.82, 2.24) is 0 Å². The highest BCUT2D eigenvalue weighted by molar-refractivity contribution is 6.32. The molecule has 9 heteroatoms. The number of nitro groups is 1. The highest BCUT2D eigenvalue weighted by Gasteiger charge is 2.19. The van der Waals surface area contributed by atoms with Gasteiger partial charge in [0, 0.05) is 27.9 Å². The highest BCUT2D eigenvalue weighted by atomic mass is 35.5. The van der Waals surface area contributed by atoms with Gasteiger partial charge in [-0.3, -0.25) is 14.9 Å². The van der Waals surface area contributed by atoms with Crippen molar-refractivity contribution in [2.75, 3.05) is 5.32 Å². The van der Waals surface area contributed by atoms with Gasteiger partial charge in [-0.25, -0.2) is 0 Å². The minimum atomic E-state index is -0.640. The van der Waals surface area contributed by atoms with Gasteiger partial charge in [0.25, 0.3) is 11.6 Å². The summed E-state index contributed by atoms with van der Waals surface area (Å²) in [5.74, 6) is -0.255. The number of furan rings is 1. The molecule has 1 amide bonds. The summed E-state index contributed by atoms with van der Waals surface area (Å²) in [6.07, 6.45) is 1.25. The molecule has 3 aromatic rings. The molecule has 0 saturated carbocycles. The SMILES string of the molecule is Cc1c(Cl)cccc1NC(=O)/C(C#N)=C\c1ccc(-c2ccc(Cl)cc2[N+](=O)[O-])o1. The molecule has 1 N–H and O–H groups in total. The number of benzene rings is 2. The van der Waals surface area contributed by atoms with Crippen molar-refractivity contribution in [3.63, 3.8) is 0 Å². The van der Waals surface area contributed by atoms with Gasteiger partial charge in [-0.05, 0) is 48.9 Å². The average molecular weight is 442 g/mol. The number of rotatable bonds is 5. The molecular weight excluding hydrogens is 429 g/mol. The fourth-order valence-corrected chi connectivity index (χ4v) is 3.00. The second kappa shape index (κ2) is 8.82. The molecule has 150 valence electrons. The zero-order valence-corrected chi connectivity index (χ0v) is 17.0. The van der Waals surface area contributed by atoms with Crippen LogP contribution in [-0.4, -0.2) is 10.8 Å². The topological polar surface area (TPSA) is 109 Å². The van der Waals surface area contributed by atoms with Crippen LogP contribution in [0.25, 0.3) is 17.4 Å². The van der Waals surface area contributed by atoms with Crippen LogP contribution in [0.1, 0.15) is 11.3 Å². The number of nitrogens with zero attached hydrogens (tertiary/aromatic N) is 2. The zero-order valence-electron chi connectivity index (χ0n) is 15.5. The van der Waals surface area contributed by atoms with Crippen molar-refractivity contribution in [1.29, 1.82) is 5.26 Å². The summed E-state index contributed by atoms with van der Waals surface area (Å²) in [6.45, 7) is 1.74. The van der Waals surface area contributed by atoms with Crippen LogP contribution in [0.15, 0.2) is 58.5 Å². The molecule has 0 atom stereocenters. The van der Waals surface area contributed by atoms with Crippen LogP contribution in [-0.2, 0) is 4.79 Å². The molecule has 0 aliphatic rings.